The van der Waals surface area contributed by atoms with Crippen molar-refractivity contribution >= 4 is 41.5 Å². The molecule has 0 spiro atoms. The van der Waals surface area contributed by atoms with E-state index in [-0.39, 0.29) is 30.1 Å². The Labute approximate surface area is 185 Å². The van der Waals surface area contributed by atoms with E-state index < -0.39 is 0 Å². The smallest absolute Gasteiger partial charge is 0.191 e. The van der Waals surface area contributed by atoms with Crippen molar-refractivity contribution < 1.29 is 4.74 Å². The topological polar surface area (TPSA) is 48.9 Å². The van der Waals surface area contributed by atoms with Crippen molar-refractivity contribution in [3.63, 3.8) is 0 Å². The van der Waals surface area contributed by atoms with Gasteiger partial charge in [0.25, 0.3) is 0 Å². The summed E-state index contributed by atoms with van der Waals surface area (Å²) in [6.07, 6.45) is 4.08. The predicted octanol–water partition coefficient (Wildman–Crippen LogP) is 3.85. The van der Waals surface area contributed by atoms with Crippen molar-refractivity contribution in [2.75, 3.05) is 39.8 Å². The molecule has 0 amide bonds. The number of benzene rings is 1. The van der Waals surface area contributed by atoms with Gasteiger partial charge in [0.2, 0.25) is 0 Å². The van der Waals surface area contributed by atoms with E-state index in [0.29, 0.717) is 17.6 Å². The third-order valence-electron chi connectivity index (χ3n) is 4.58. The fourth-order valence-corrected chi connectivity index (χ4v) is 3.35. The second kappa shape index (κ2) is 13.4. The molecule has 1 fully saturated rings. The molecule has 0 saturated carbocycles. The molecule has 1 aromatic carbocycles. The molecule has 2 N–H and O–H groups in total. The summed E-state index contributed by atoms with van der Waals surface area (Å²) in [7, 11) is 1.71. The molecule has 1 unspecified atom stereocenters. The first kappa shape index (κ1) is 24.2. The predicted molar refractivity (Wildman–Crippen MR) is 125 cm³/mol. The molecule has 1 atom stereocenters. The normalized spacial score (nSPS) is 17.1. The van der Waals surface area contributed by atoms with Crippen LogP contribution in [0.3, 0.4) is 0 Å². The van der Waals surface area contributed by atoms with Crippen LogP contribution >= 0.6 is 35.6 Å². The molecule has 1 saturated heterocycles. The van der Waals surface area contributed by atoms with E-state index in [9.17, 15) is 0 Å². The minimum Gasteiger partial charge on any atom is -0.375 e. The van der Waals surface area contributed by atoms with Crippen LogP contribution in [-0.2, 0) is 4.74 Å². The quantitative estimate of drug-likeness (QED) is 0.243. The van der Waals surface area contributed by atoms with Crippen LogP contribution in [0.4, 0.5) is 0 Å². The fourth-order valence-electron chi connectivity index (χ4n) is 3.15. The lowest BCUT2D eigenvalue weighted by atomic mass is 10.1. The molecular formula is C20H32ClIN4O. The minimum atomic E-state index is -0.112. The third-order valence-corrected chi connectivity index (χ3v) is 4.82. The summed E-state index contributed by atoms with van der Waals surface area (Å²) >= 11 is 6.10. The van der Waals surface area contributed by atoms with Gasteiger partial charge in [0.1, 0.15) is 6.10 Å². The summed E-state index contributed by atoms with van der Waals surface area (Å²) in [4.78, 5) is 7.16. The fraction of sp³-hybridized carbons (Fsp3) is 0.550. The van der Waals surface area contributed by atoms with Crippen LogP contribution in [-0.4, -0.2) is 56.7 Å². The first-order valence-corrected chi connectivity index (χ1v) is 9.70. The maximum absolute atomic E-state index is 6.10. The first-order chi connectivity index (χ1) is 12.7. The number of nitrogens with zero attached hydrogens (tertiary/aromatic N) is 2. The molecule has 7 heteroatoms. The van der Waals surface area contributed by atoms with Crippen molar-refractivity contribution in [3.8, 4) is 0 Å². The summed E-state index contributed by atoms with van der Waals surface area (Å²) in [5.74, 6) is 0.846. The number of likely N-dealkylation sites (tertiary alicyclic amines) is 1. The minimum absolute atomic E-state index is 0. The Hall–Kier alpha value is -0.830. The largest absolute Gasteiger partial charge is 0.375 e. The van der Waals surface area contributed by atoms with E-state index in [0.717, 1.165) is 50.5 Å². The van der Waals surface area contributed by atoms with Crippen molar-refractivity contribution in [2.45, 2.75) is 31.9 Å². The molecule has 0 radical (unpaired) electrons. The van der Waals surface area contributed by atoms with Gasteiger partial charge in [-0.1, -0.05) is 29.8 Å². The molecule has 27 heavy (non-hydrogen) atoms. The van der Waals surface area contributed by atoms with Gasteiger partial charge < -0.3 is 15.4 Å². The van der Waals surface area contributed by atoms with Crippen molar-refractivity contribution in [1.29, 1.82) is 0 Å². The monoisotopic (exact) mass is 506 g/mol. The maximum atomic E-state index is 6.10. The zero-order valence-electron chi connectivity index (χ0n) is 16.3. The Morgan fingerprint density at radius 1 is 1.44 bits per heavy atom. The molecule has 152 valence electrons. The van der Waals surface area contributed by atoms with Gasteiger partial charge in [-0.3, -0.25) is 9.89 Å². The van der Waals surface area contributed by atoms with Crippen LogP contribution in [0, 0.1) is 0 Å². The molecule has 1 aliphatic heterocycles. The van der Waals surface area contributed by atoms with Gasteiger partial charge in [0.15, 0.2) is 5.96 Å². The number of rotatable bonds is 8. The van der Waals surface area contributed by atoms with Crippen molar-refractivity contribution in [1.82, 2.24) is 15.5 Å². The highest BCUT2D eigenvalue weighted by Crippen LogP contribution is 2.20. The third kappa shape index (κ3) is 8.37. The molecular weight excluding hydrogens is 475 g/mol. The maximum Gasteiger partial charge on any atom is 0.191 e. The highest BCUT2D eigenvalue weighted by Gasteiger charge is 2.19. The summed E-state index contributed by atoms with van der Waals surface area (Å²) in [5.41, 5.74) is 1.04. The summed E-state index contributed by atoms with van der Waals surface area (Å²) in [5, 5.41) is 7.62. The first-order valence-electron chi connectivity index (χ1n) is 9.32. The van der Waals surface area contributed by atoms with Crippen LogP contribution in [0.2, 0.25) is 5.02 Å². The Bertz CT molecular complexity index is 591. The van der Waals surface area contributed by atoms with E-state index >= 15 is 0 Å². The Balaban J connectivity index is 0.00000364. The van der Waals surface area contributed by atoms with Crippen LogP contribution in [0.1, 0.15) is 31.4 Å². The van der Waals surface area contributed by atoms with E-state index in [4.69, 9.17) is 21.3 Å². The average Bonchev–Trinajstić information content (AvgIpc) is 2.64. The summed E-state index contributed by atoms with van der Waals surface area (Å²) in [6, 6.07) is 8.20. The number of ether oxygens (including phenoxy) is 1. The molecule has 0 aliphatic carbocycles. The highest BCUT2D eigenvalue weighted by molar-refractivity contribution is 14.0. The van der Waals surface area contributed by atoms with E-state index in [1.807, 2.05) is 30.3 Å². The number of aliphatic imine (C=N–C) groups is 1. The number of halogens is 2. The SMILES string of the molecule is C=CCN1CCC(NC(=NCC(OC)c2cccc(Cl)c2)NCC)CC1.I. The molecule has 1 aliphatic rings. The number of piperidine rings is 1. The highest BCUT2D eigenvalue weighted by atomic mass is 127. The molecule has 1 heterocycles. The number of hydrogen-bond acceptors (Lipinski definition) is 3. The van der Waals surface area contributed by atoms with Gasteiger partial charge in [-0.05, 0) is 37.5 Å². The average molecular weight is 507 g/mol. The number of hydrogen-bond donors (Lipinski definition) is 2. The molecule has 0 aromatic heterocycles. The van der Waals surface area contributed by atoms with Crippen molar-refractivity contribution in [2.24, 2.45) is 4.99 Å². The van der Waals surface area contributed by atoms with Crippen molar-refractivity contribution in [3.05, 3.63) is 47.5 Å². The van der Waals surface area contributed by atoms with E-state index in [1.165, 1.54) is 0 Å². The second-order valence-electron chi connectivity index (χ2n) is 6.51. The van der Waals surface area contributed by atoms with Gasteiger partial charge >= 0.3 is 0 Å². The standard InChI is InChI=1S/C20H31ClN4O.HI/c1-4-11-25-12-9-18(10-13-25)24-20(22-5-2)23-15-19(26-3)16-7-6-8-17(21)14-16;/h4,6-8,14,18-19H,1,5,9-13,15H2,2-3H3,(H2,22,23,24);1H. The summed E-state index contributed by atoms with van der Waals surface area (Å²) in [6.45, 7) is 10.4. The summed E-state index contributed by atoms with van der Waals surface area (Å²) < 4.78 is 5.61. The zero-order valence-corrected chi connectivity index (χ0v) is 19.4. The molecule has 0 bridgehead atoms. The molecule has 2 rings (SSSR count). The van der Waals surface area contributed by atoms with Gasteiger partial charge in [0, 0.05) is 44.4 Å². The Morgan fingerprint density at radius 3 is 2.78 bits per heavy atom. The van der Waals surface area contributed by atoms with Gasteiger partial charge in [0.05, 0.1) is 6.54 Å². The zero-order chi connectivity index (χ0) is 18.8. The van der Waals surface area contributed by atoms with Gasteiger partial charge in [-0.2, -0.15) is 0 Å². The number of methoxy groups -OCH3 is 1. The number of guanidine groups is 1. The van der Waals surface area contributed by atoms with Crippen LogP contribution in [0.25, 0.3) is 0 Å². The van der Waals surface area contributed by atoms with Crippen LogP contribution < -0.4 is 10.6 Å². The molecule has 5 nitrogen and oxygen atoms in total. The van der Waals surface area contributed by atoms with Crippen LogP contribution in [0.15, 0.2) is 41.9 Å². The lowest BCUT2D eigenvalue weighted by Gasteiger charge is -2.32. The Morgan fingerprint density at radius 2 is 2.19 bits per heavy atom. The van der Waals surface area contributed by atoms with Crippen LogP contribution in [0.5, 0.6) is 0 Å². The molecule has 1 aromatic rings. The van der Waals surface area contributed by atoms with Gasteiger partial charge in [-0.15, -0.1) is 30.6 Å². The van der Waals surface area contributed by atoms with E-state index in [2.05, 4.69) is 29.0 Å². The number of nitrogens with one attached hydrogen (secondary N) is 2. The van der Waals surface area contributed by atoms with E-state index in [1.54, 1.807) is 7.11 Å². The van der Waals surface area contributed by atoms with Gasteiger partial charge in [-0.25, -0.2) is 0 Å². The lowest BCUT2D eigenvalue weighted by molar-refractivity contribution is 0.111. The lowest BCUT2D eigenvalue weighted by Crippen LogP contribution is -2.48. The second-order valence-corrected chi connectivity index (χ2v) is 6.94. The Kier molecular flexibility index (Phi) is 12.0.